The zero-order valence-electron chi connectivity index (χ0n) is 16.2. The quantitative estimate of drug-likeness (QED) is 0.712. The zero-order chi connectivity index (χ0) is 21.0. The SMILES string of the molecule is CCOC(=O)c1c(NC(=O)[C@H](C)OC(=O)c2cccc(F)c2)sc2c1CCCC2. The second-order valence-electron chi connectivity index (χ2n) is 6.68. The molecule has 1 aromatic carbocycles. The van der Waals surface area contributed by atoms with E-state index in [9.17, 15) is 18.8 Å². The number of halogens is 1. The van der Waals surface area contributed by atoms with Crippen LogP contribution in [0.1, 0.15) is 57.8 Å². The molecule has 1 heterocycles. The van der Waals surface area contributed by atoms with E-state index in [-0.39, 0.29) is 12.2 Å². The maximum absolute atomic E-state index is 13.3. The normalized spacial score (nSPS) is 13.9. The van der Waals surface area contributed by atoms with Crippen LogP contribution in [0.25, 0.3) is 0 Å². The van der Waals surface area contributed by atoms with Crippen molar-refractivity contribution in [3.05, 3.63) is 51.7 Å². The molecule has 0 saturated heterocycles. The monoisotopic (exact) mass is 419 g/mol. The van der Waals surface area contributed by atoms with Crippen LogP contribution in [0, 0.1) is 5.82 Å². The van der Waals surface area contributed by atoms with Gasteiger partial charge in [-0.05, 0) is 63.3 Å². The molecule has 0 aliphatic heterocycles. The number of benzene rings is 1. The van der Waals surface area contributed by atoms with Gasteiger partial charge in [0.15, 0.2) is 6.10 Å². The Kier molecular flexibility index (Phi) is 6.64. The number of rotatable bonds is 6. The molecule has 154 valence electrons. The van der Waals surface area contributed by atoms with Crippen molar-refractivity contribution in [1.29, 1.82) is 0 Å². The molecule has 6 nitrogen and oxygen atoms in total. The van der Waals surface area contributed by atoms with Gasteiger partial charge in [-0.3, -0.25) is 4.79 Å². The van der Waals surface area contributed by atoms with E-state index in [0.29, 0.717) is 10.6 Å². The Labute approximate surface area is 172 Å². The zero-order valence-corrected chi connectivity index (χ0v) is 17.1. The summed E-state index contributed by atoms with van der Waals surface area (Å²) in [6.45, 7) is 3.38. The predicted molar refractivity (Wildman–Crippen MR) is 107 cm³/mol. The van der Waals surface area contributed by atoms with Crippen LogP contribution in [0.4, 0.5) is 9.39 Å². The fraction of sp³-hybridized carbons (Fsp3) is 0.381. The van der Waals surface area contributed by atoms with E-state index in [2.05, 4.69) is 5.32 Å². The van der Waals surface area contributed by atoms with Crippen LogP contribution in [0.5, 0.6) is 0 Å². The average molecular weight is 419 g/mol. The van der Waals surface area contributed by atoms with Crippen molar-refractivity contribution in [2.24, 2.45) is 0 Å². The highest BCUT2D eigenvalue weighted by molar-refractivity contribution is 7.17. The first-order chi connectivity index (χ1) is 13.9. The fourth-order valence-corrected chi connectivity index (χ4v) is 4.46. The van der Waals surface area contributed by atoms with Crippen LogP contribution < -0.4 is 5.32 Å². The van der Waals surface area contributed by atoms with E-state index in [1.807, 2.05) is 0 Å². The van der Waals surface area contributed by atoms with Gasteiger partial charge < -0.3 is 14.8 Å². The van der Waals surface area contributed by atoms with Crippen molar-refractivity contribution < 1.29 is 28.2 Å². The Morgan fingerprint density at radius 3 is 2.69 bits per heavy atom. The lowest BCUT2D eigenvalue weighted by Gasteiger charge is -2.14. The lowest BCUT2D eigenvalue weighted by Crippen LogP contribution is -2.30. The minimum atomic E-state index is -1.13. The van der Waals surface area contributed by atoms with Gasteiger partial charge in [0.05, 0.1) is 17.7 Å². The lowest BCUT2D eigenvalue weighted by molar-refractivity contribution is -0.123. The Morgan fingerprint density at radius 2 is 1.97 bits per heavy atom. The number of carbonyl (C=O) groups excluding carboxylic acids is 3. The second-order valence-corrected chi connectivity index (χ2v) is 7.79. The summed E-state index contributed by atoms with van der Waals surface area (Å²) in [6.07, 6.45) is 2.50. The number of aryl methyl sites for hydroxylation is 1. The molecule has 0 spiro atoms. The van der Waals surface area contributed by atoms with Crippen LogP contribution in [-0.4, -0.2) is 30.6 Å². The molecule has 29 heavy (non-hydrogen) atoms. The standard InChI is InChI=1S/C21H22FNO5S/c1-3-27-21(26)17-15-9-4-5-10-16(15)29-19(17)23-18(24)12(2)28-20(25)13-7-6-8-14(22)11-13/h6-8,11-12H,3-5,9-10H2,1-2H3,(H,23,24)/t12-/m0/s1. The summed E-state index contributed by atoms with van der Waals surface area (Å²) < 4.78 is 23.6. The van der Waals surface area contributed by atoms with E-state index in [1.165, 1.54) is 36.5 Å². The van der Waals surface area contributed by atoms with Gasteiger partial charge in [-0.15, -0.1) is 11.3 Å². The van der Waals surface area contributed by atoms with E-state index in [4.69, 9.17) is 9.47 Å². The average Bonchev–Trinajstić information content (AvgIpc) is 3.05. The molecule has 8 heteroatoms. The number of ether oxygens (including phenoxy) is 2. The van der Waals surface area contributed by atoms with Crippen LogP contribution in [-0.2, 0) is 27.1 Å². The van der Waals surface area contributed by atoms with E-state index >= 15 is 0 Å². The largest absolute Gasteiger partial charge is 0.462 e. The number of hydrogen-bond donors (Lipinski definition) is 1. The van der Waals surface area contributed by atoms with Gasteiger partial charge in [0.1, 0.15) is 10.8 Å². The van der Waals surface area contributed by atoms with Gasteiger partial charge in [0.25, 0.3) is 5.91 Å². The van der Waals surface area contributed by atoms with E-state index < -0.39 is 29.8 Å². The van der Waals surface area contributed by atoms with Crippen molar-refractivity contribution in [3.63, 3.8) is 0 Å². The number of fused-ring (bicyclic) bond motifs is 1. The summed E-state index contributed by atoms with van der Waals surface area (Å²) >= 11 is 1.36. The van der Waals surface area contributed by atoms with E-state index in [1.54, 1.807) is 6.92 Å². The third-order valence-electron chi connectivity index (χ3n) is 4.60. The van der Waals surface area contributed by atoms with Crippen molar-refractivity contribution in [2.75, 3.05) is 11.9 Å². The van der Waals surface area contributed by atoms with Gasteiger partial charge in [-0.2, -0.15) is 0 Å². The summed E-state index contributed by atoms with van der Waals surface area (Å²) in [5.74, 6) is -2.41. The summed E-state index contributed by atoms with van der Waals surface area (Å²) in [5, 5.41) is 3.11. The van der Waals surface area contributed by atoms with Crippen LogP contribution in [0.2, 0.25) is 0 Å². The molecule has 1 atom stereocenters. The molecule has 0 fully saturated rings. The number of hydrogen-bond acceptors (Lipinski definition) is 6. The Hall–Kier alpha value is -2.74. The smallest absolute Gasteiger partial charge is 0.341 e. The van der Waals surface area contributed by atoms with Crippen LogP contribution in [0.3, 0.4) is 0 Å². The van der Waals surface area contributed by atoms with Gasteiger partial charge in [-0.25, -0.2) is 14.0 Å². The summed E-state index contributed by atoms with van der Waals surface area (Å²) in [4.78, 5) is 38.3. The number of amides is 1. The van der Waals surface area contributed by atoms with E-state index in [0.717, 1.165) is 42.2 Å². The molecule has 2 aromatic rings. The summed E-state index contributed by atoms with van der Waals surface area (Å²) in [7, 11) is 0. The molecule has 1 amide bonds. The maximum Gasteiger partial charge on any atom is 0.341 e. The first kappa shape index (κ1) is 21.0. The van der Waals surface area contributed by atoms with Crippen molar-refractivity contribution in [2.45, 2.75) is 45.6 Å². The fourth-order valence-electron chi connectivity index (χ4n) is 3.18. The molecule has 1 aliphatic carbocycles. The van der Waals surface area contributed by atoms with Gasteiger partial charge >= 0.3 is 11.9 Å². The number of nitrogens with one attached hydrogen (secondary N) is 1. The Morgan fingerprint density at radius 1 is 1.21 bits per heavy atom. The number of carbonyl (C=O) groups is 3. The third-order valence-corrected chi connectivity index (χ3v) is 5.81. The maximum atomic E-state index is 13.3. The van der Waals surface area contributed by atoms with Crippen molar-refractivity contribution >= 4 is 34.2 Å². The highest BCUT2D eigenvalue weighted by Crippen LogP contribution is 2.38. The van der Waals surface area contributed by atoms with Crippen LogP contribution >= 0.6 is 11.3 Å². The topological polar surface area (TPSA) is 81.7 Å². The molecule has 1 aliphatic rings. The Balaban J connectivity index is 1.75. The third kappa shape index (κ3) is 4.82. The molecular formula is C21H22FNO5S. The molecule has 0 bridgehead atoms. The van der Waals surface area contributed by atoms with Crippen LogP contribution in [0.15, 0.2) is 24.3 Å². The molecule has 0 saturated carbocycles. The second kappa shape index (κ2) is 9.17. The highest BCUT2D eigenvalue weighted by atomic mass is 32.1. The summed E-state index contributed by atoms with van der Waals surface area (Å²) in [6, 6.07) is 5.04. The number of esters is 2. The van der Waals surface area contributed by atoms with Gasteiger partial charge in [-0.1, -0.05) is 6.07 Å². The minimum absolute atomic E-state index is 0.0171. The van der Waals surface area contributed by atoms with Gasteiger partial charge in [0.2, 0.25) is 0 Å². The number of anilines is 1. The predicted octanol–water partition coefficient (Wildman–Crippen LogP) is 4.13. The lowest BCUT2D eigenvalue weighted by atomic mass is 9.95. The number of thiophene rings is 1. The first-order valence-corrected chi connectivity index (χ1v) is 10.3. The minimum Gasteiger partial charge on any atom is -0.462 e. The molecule has 0 unspecified atom stereocenters. The van der Waals surface area contributed by atoms with Crippen molar-refractivity contribution in [3.8, 4) is 0 Å². The first-order valence-electron chi connectivity index (χ1n) is 9.49. The van der Waals surface area contributed by atoms with Crippen molar-refractivity contribution in [1.82, 2.24) is 0 Å². The Bertz CT molecular complexity index is 939. The molecule has 0 radical (unpaired) electrons. The molecule has 1 N–H and O–H groups in total. The molecule has 3 rings (SSSR count). The summed E-state index contributed by atoms with van der Waals surface area (Å²) in [5.41, 5.74) is 1.34. The van der Waals surface area contributed by atoms with Gasteiger partial charge in [0, 0.05) is 4.88 Å². The highest BCUT2D eigenvalue weighted by Gasteiger charge is 2.29. The molecular weight excluding hydrogens is 397 g/mol. The molecule has 1 aromatic heterocycles.